The molecule has 92 valence electrons. The summed E-state index contributed by atoms with van der Waals surface area (Å²) in [5, 5.41) is 8.06. The molecule has 1 aromatic carbocycles. The van der Waals surface area contributed by atoms with Crippen molar-refractivity contribution in [1.29, 1.82) is 5.26 Å². The summed E-state index contributed by atoms with van der Waals surface area (Å²) in [7, 11) is -3.56. The highest BCUT2D eigenvalue weighted by Gasteiger charge is 2.31. The van der Waals surface area contributed by atoms with E-state index in [-0.39, 0.29) is 10.8 Å². The highest BCUT2D eigenvalue weighted by Crippen LogP contribution is 2.24. The molecule has 3 nitrogen and oxygen atoms in total. The second-order valence-electron chi connectivity index (χ2n) is 3.93. The van der Waals surface area contributed by atoms with E-state index >= 15 is 0 Å². The van der Waals surface area contributed by atoms with Gasteiger partial charge in [0.25, 0.3) is 0 Å². The largest absolute Gasteiger partial charge is 0.222 e. The first-order valence-electron chi connectivity index (χ1n) is 5.32. The Hall–Kier alpha value is -0.860. The third-order valence-electron chi connectivity index (χ3n) is 2.76. The second kappa shape index (κ2) is 5.65. The summed E-state index contributed by atoms with van der Waals surface area (Å²) in [6.07, 6.45) is 0.661. The minimum Gasteiger partial charge on any atom is -0.222 e. The van der Waals surface area contributed by atoms with Crippen LogP contribution in [0, 0.1) is 17.2 Å². The minimum absolute atomic E-state index is 0.173. The lowest BCUT2D eigenvalue weighted by Crippen LogP contribution is -2.26. The maximum atomic E-state index is 12.2. The van der Waals surface area contributed by atoms with Gasteiger partial charge in [0.1, 0.15) is 0 Å². The molecule has 17 heavy (non-hydrogen) atoms. The number of sulfone groups is 1. The molecule has 0 aromatic heterocycles. The summed E-state index contributed by atoms with van der Waals surface area (Å²) in [5.41, 5.74) is 0. The van der Waals surface area contributed by atoms with Crippen molar-refractivity contribution in [2.45, 2.75) is 30.4 Å². The number of hydrogen-bond acceptors (Lipinski definition) is 3. The zero-order valence-electron chi connectivity index (χ0n) is 9.72. The fourth-order valence-electron chi connectivity index (χ4n) is 1.49. The smallest absolute Gasteiger partial charge is 0.194 e. The molecule has 0 bridgehead atoms. The standard InChI is InChI=1S/C12H14BrNO2S/c1-3-9(2)12(8-14)17(15,16)11-6-4-10(13)5-7-11/h4-7,9,12H,3H2,1-2H3. The predicted octanol–water partition coefficient (Wildman–Crippen LogP) is 3.16. The molecule has 2 unspecified atom stereocenters. The maximum absolute atomic E-state index is 12.2. The lowest BCUT2D eigenvalue weighted by molar-refractivity contribution is 0.533. The molecule has 0 aliphatic heterocycles. The zero-order valence-corrected chi connectivity index (χ0v) is 12.1. The molecule has 1 rings (SSSR count). The van der Waals surface area contributed by atoms with Crippen molar-refractivity contribution in [3.8, 4) is 6.07 Å². The van der Waals surface area contributed by atoms with Gasteiger partial charge < -0.3 is 0 Å². The van der Waals surface area contributed by atoms with Crippen molar-refractivity contribution in [2.75, 3.05) is 0 Å². The van der Waals surface area contributed by atoms with Gasteiger partial charge in [0.05, 0.1) is 11.0 Å². The quantitative estimate of drug-likeness (QED) is 0.857. The molecule has 0 aliphatic carbocycles. The van der Waals surface area contributed by atoms with E-state index in [0.717, 1.165) is 4.47 Å². The van der Waals surface area contributed by atoms with Crippen LogP contribution in [0.2, 0.25) is 0 Å². The first-order chi connectivity index (χ1) is 7.93. The molecule has 0 heterocycles. The zero-order chi connectivity index (χ0) is 13.1. The molecule has 0 N–H and O–H groups in total. The summed E-state index contributed by atoms with van der Waals surface area (Å²) in [4.78, 5) is 0.201. The van der Waals surface area contributed by atoms with Crippen LogP contribution < -0.4 is 0 Å². The molecule has 2 atom stereocenters. The fraction of sp³-hybridized carbons (Fsp3) is 0.417. The Morgan fingerprint density at radius 2 is 1.88 bits per heavy atom. The molecule has 0 spiro atoms. The van der Waals surface area contributed by atoms with Crippen LogP contribution in [0.5, 0.6) is 0 Å². The van der Waals surface area contributed by atoms with Gasteiger partial charge in [0.2, 0.25) is 0 Å². The molecule has 0 radical (unpaired) electrons. The van der Waals surface area contributed by atoms with Crippen molar-refractivity contribution in [2.24, 2.45) is 5.92 Å². The number of hydrogen-bond donors (Lipinski definition) is 0. The maximum Gasteiger partial charge on any atom is 0.194 e. The molecule has 0 aliphatic rings. The number of nitriles is 1. The van der Waals surface area contributed by atoms with Gasteiger partial charge in [0.15, 0.2) is 15.1 Å². The van der Waals surface area contributed by atoms with E-state index < -0.39 is 15.1 Å². The van der Waals surface area contributed by atoms with Gasteiger partial charge in [-0.2, -0.15) is 5.26 Å². The van der Waals surface area contributed by atoms with E-state index in [4.69, 9.17) is 5.26 Å². The summed E-state index contributed by atoms with van der Waals surface area (Å²) >= 11 is 3.25. The Morgan fingerprint density at radius 1 is 1.35 bits per heavy atom. The van der Waals surface area contributed by atoms with Crippen molar-refractivity contribution in [1.82, 2.24) is 0 Å². The average molecular weight is 316 g/mol. The highest BCUT2D eigenvalue weighted by atomic mass is 79.9. The Balaban J connectivity index is 3.19. The minimum atomic E-state index is -3.56. The van der Waals surface area contributed by atoms with Crippen LogP contribution in [0.4, 0.5) is 0 Å². The van der Waals surface area contributed by atoms with Crippen LogP contribution in [0.1, 0.15) is 20.3 Å². The molecule has 5 heteroatoms. The van der Waals surface area contributed by atoms with E-state index in [2.05, 4.69) is 15.9 Å². The van der Waals surface area contributed by atoms with Crippen molar-refractivity contribution in [3.63, 3.8) is 0 Å². The van der Waals surface area contributed by atoms with Crippen LogP contribution in [-0.2, 0) is 9.84 Å². The molecular formula is C12H14BrNO2S. The summed E-state index contributed by atoms with van der Waals surface area (Å²) in [5.74, 6) is -0.173. The van der Waals surface area contributed by atoms with Gasteiger partial charge in [0, 0.05) is 4.47 Å². The fourth-order valence-corrected chi connectivity index (χ4v) is 3.50. The normalized spacial score (nSPS) is 14.9. The van der Waals surface area contributed by atoms with Gasteiger partial charge in [-0.1, -0.05) is 36.2 Å². The average Bonchev–Trinajstić information content (AvgIpc) is 2.29. The van der Waals surface area contributed by atoms with E-state index in [1.54, 1.807) is 19.1 Å². The molecule has 0 fully saturated rings. The van der Waals surface area contributed by atoms with Gasteiger partial charge in [-0.15, -0.1) is 0 Å². The second-order valence-corrected chi connectivity index (χ2v) is 6.92. The van der Waals surface area contributed by atoms with E-state index in [9.17, 15) is 8.42 Å². The van der Waals surface area contributed by atoms with Crippen molar-refractivity contribution < 1.29 is 8.42 Å². The number of nitrogens with zero attached hydrogens (tertiary/aromatic N) is 1. The van der Waals surface area contributed by atoms with E-state index in [1.165, 1.54) is 12.1 Å². The Morgan fingerprint density at radius 3 is 2.29 bits per heavy atom. The van der Waals surface area contributed by atoms with Crippen LogP contribution in [-0.4, -0.2) is 13.7 Å². The highest BCUT2D eigenvalue weighted by molar-refractivity contribution is 9.10. The third-order valence-corrected chi connectivity index (χ3v) is 5.46. The molecule has 1 aromatic rings. The van der Waals surface area contributed by atoms with E-state index in [0.29, 0.717) is 6.42 Å². The predicted molar refractivity (Wildman–Crippen MR) is 70.2 cm³/mol. The third kappa shape index (κ3) is 3.08. The van der Waals surface area contributed by atoms with Crippen molar-refractivity contribution >= 4 is 25.8 Å². The van der Waals surface area contributed by atoms with Crippen LogP contribution in [0.3, 0.4) is 0 Å². The van der Waals surface area contributed by atoms with E-state index in [1.807, 2.05) is 13.0 Å². The Bertz CT molecular complexity index is 516. The van der Waals surface area contributed by atoms with Gasteiger partial charge in [-0.25, -0.2) is 8.42 Å². The van der Waals surface area contributed by atoms with Crippen LogP contribution in [0.25, 0.3) is 0 Å². The van der Waals surface area contributed by atoms with Gasteiger partial charge in [-0.05, 0) is 30.2 Å². The monoisotopic (exact) mass is 315 g/mol. The lowest BCUT2D eigenvalue weighted by Gasteiger charge is -2.16. The molecule has 0 amide bonds. The van der Waals surface area contributed by atoms with Crippen LogP contribution in [0.15, 0.2) is 33.6 Å². The summed E-state index contributed by atoms with van der Waals surface area (Å²) < 4.78 is 25.3. The first kappa shape index (κ1) is 14.2. The number of halogens is 1. The number of benzene rings is 1. The first-order valence-corrected chi connectivity index (χ1v) is 7.66. The summed E-state index contributed by atoms with van der Waals surface area (Å²) in [6.45, 7) is 3.66. The Labute approximate surface area is 111 Å². The lowest BCUT2D eigenvalue weighted by atomic mass is 10.1. The SMILES string of the molecule is CCC(C)C(C#N)S(=O)(=O)c1ccc(Br)cc1. The molecule has 0 saturated heterocycles. The summed E-state index contributed by atoms with van der Waals surface area (Å²) in [6, 6.07) is 8.28. The van der Waals surface area contributed by atoms with Gasteiger partial charge in [-0.3, -0.25) is 0 Å². The Kier molecular flexibility index (Phi) is 4.72. The molecule has 0 saturated carbocycles. The topological polar surface area (TPSA) is 57.9 Å². The van der Waals surface area contributed by atoms with Crippen molar-refractivity contribution in [3.05, 3.63) is 28.7 Å². The van der Waals surface area contributed by atoms with Gasteiger partial charge >= 0.3 is 0 Å². The number of rotatable bonds is 4. The van der Waals surface area contributed by atoms with Crippen LogP contribution >= 0.6 is 15.9 Å². The molecular weight excluding hydrogens is 302 g/mol.